The van der Waals surface area contributed by atoms with Gasteiger partial charge >= 0.3 is 5.97 Å². The second-order valence-electron chi connectivity index (χ2n) is 5.83. The van der Waals surface area contributed by atoms with E-state index in [0.717, 1.165) is 25.3 Å². The van der Waals surface area contributed by atoms with E-state index in [2.05, 4.69) is 0 Å². The van der Waals surface area contributed by atoms with E-state index >= 15 is 0 Å². The first kappa shape index (κ1) is 13.9. The van der Waals surface area contributed by atoms with E-state index in [4.69, 9.17) is 5.73 Å². The average Bonchev–Trinajstić information content (AvgIpc) is 2.96. The van der Waals surface area contributed by atoms with E-state index in [1.807, 2.05) is 0 Å². The number of carboxylic acids is 1. The number of rotatable bonds is 2. The summed E-state index contributed by atoms with van der Waals surface area (Å²) in [7, 11) is 0. The van der Waals surface area contributed by atoms with Crippen LogP contribution in [0.4, 0.5) is 10.1 Å². The quantitative estimate of drug-likeness (QED) is 0.813. The Balaban J connectivity index is 1.91. The van der Waals surface area contributed by atoms with E-state index in [9.17, 15) is 19.1 Å². The number of anilines is 1. The maximum atomic E-state index is 13.9. The van der Waals surface area contributed by atoms with Gasteiger partial charge in [-0.15, -0.1) is 0 Å². The highest BCUT2D eigenvalue weighted by Crippen LogP contribution is 2.42. The van der Waals surface area contributed by atoms with E-state index in [1.54, 1.807) is 0 Å². The van der Waals surface area contributed by atoms with Crippen LogP contribution in [0.1, 0.15) is 29.6 Å². The SMILES string of the molecule is Nc1ccc(C(=O)N2CC3CCCC3C2C(=O)O)c(F)c1. The second kappa shape index (κ2) is 5.02. The first-order valence-corrected chi connectivity index (χ1v) is 7.08. The van der Waals surface area contributed by atoms with E-state index in [-0.39, 0.29) is 23.1 Å². The number of nitrogens with zero attached hydrogens (tertiary/aromatic N) is 1. The predicted molar refractivity (Wildman–Crippen MR) is 74.1 cm³/mol. The van der Waals surface area contributed by atoms with E-state index in [1.165, 1.54) is 17.0 Å². The first-order chi connectivity index (χ1) is 9.99. The molecule has 3 N–H and O–H groups in total. The Kier molecular flexibility index (Phi) is 3.31. The standard InChI is InChI=1S/C15H17FN2O3/c16-12-6-9(17)4-5-11(12)14(19)18-7-8-2-1-3-10(8)13(18)15(20)21/h4-6,8,10,13H,1-3,7,17H2,(H,20,21). The van der Waals surface area contributed by atoms with Crippen LogP contribution in [0.3, 0.4) is 0 Å². The summed E-state index contributed by atoms with van der Waals surface area (Å²) in [5.74, 6) is -2.07. The molecule has 0 radical (unpaired) electrons. The average molecular weight is 292 g/mol. The number of aliphatic carboxylic acids is 1. The zero-order valence-corrected chi connectivity index (χ0v) is 11.5. The topological polar surface area (TPSA) is 83.6 Å². The largest absolute Gasteiger partial charge is 0.480 e. The highest BCUT2D eigenvalue weighted by Gasteiger charge is 2.49. The summed E-state index contributed by atoms with van der Waals surface area (Å²) in [6.45, 7) is 0.393. The Morgan fingerprint density at radius 2 is 2.10 bits per heavy atom. The number of nitrogen functional groups attached to an aromatic ring is 1. The summed E-state index contributed by atoms with van der Waals surface area (Å²) in [5.41, 5.74) is 5.59. The fourth-order valence-corrected chi connectivity index (χ4v) is 3.69. The molecule has 2 aliphatic rings. The number of nitrogens with two attached hydrogens (primary N) is 1. The molecule has 1 saturated heterocycles. The lowest BCUT2D eigenvalue weighted by atomic mass is 9.94. The molecule has 3 unspecified atom stereocenters. The van der Waals surface area contributed by atoms with Crippen LogP contribution in [-0.4, -0.2) is 34.5 Å². The van der Waals surface area contributed by atoms with Gasteiger partial charge in [-0.3, -0.25) is 4.79 Å². The molecular formula is C15H17FN2O3. The molecule has 0 bridgehead atoms. The summed E-state index contributed by atoms with van der Waals surface area (Å²) in [4.78, 5) is 25.3. The Labute approximate surface area is 121 Å². The minimum atomic E-state index is -1.01. The van der Waals surface area contributed by atoms with Gasteiger partial charge in [-0.05, 0) is 42.9 Å². The van der Waals surface area contributed by atoms with Crippen molar-refractivity contribution in [2.75, 3.05) is 12.3 Å². The third-order valence-electron chi connectivity index (χ3n) is 4.63. The van der Waals surface area contributed by atoms with Crippen molar-refractivity contribution < 1.29 is 19.1 Å². The highest BCUT2D eigenvalue weighted by molar-refractivity contribution is 5.97. The third kappa shape index (κ3) is 2.24. The number of fused-ring (bicyclic) bond motifs is 1. The number of halogens is 1. The summed E-state index contributed by atoms with van der Waals surface area (Å²) in [5, 5.41) is 9.43. The van der Waals surface area contributed by atoms with Crippen LogP contribution in [0.25, 0.3) is 0 Å². The number of hydrogen-bond donors (Lipinski definition) is 2. The normalized spacial score (nSPS) is 27.7. The number of carbonyl (C=O) groups excluding carboxylic acids is 1. The van der Waals surface area contributed by atoms with Crippen LogP contribution in [0.5, 0.6) is 0 Å². The van der Waals surface area contributed by atoms with E-state index in [0.29, 0.717) is 6.54 Å². The molecule has 1 aliphatic heterocycles. The Bertz CT molecular complexity index is 605. The summed E-state index contributed by atoms with van der Waals surface area (Å²) in [6, 6.07) is 3.00. The molecule has 21 heavy (non-hydrogen) atoms. The molecular weight excluding hydrogens is 275 g/mol. The summed E-state index contributed by atoms with van der Waals surface area (Å²) in [6.07, 6.45) is 2.75. The molecule has 1 aliphatic carbocycles. The van der Waals surface area contributed by atoms with E-state index < -0.39 is 23.7 Å². The van der Waals surface area contributed by atoms with Crippen LogP contribution in [-0.2, 0) is 4.79 Å². The van der Waals surface area contributed by atoms with Gasteiger partial charge in [0.05, 0.1) is 5.56 Å². The number of benzene rings is 1. The van der Waals surface area contributed by atoms with Crippen LogP contribution >= 0.6 is 0 Å². The number of likely N-dealkylation sites (tertiary alicyclic amines) is 1. The van der Waals surface area contributed by atoms with Crippen molar-refractivity contribution >= 4 is 17.6 Å². The maximum Gasteiger partial charge on any atom is 0.326 e. The smallest absolute Gasteiger partial charge is 0.326 e. The van der Waals surface area contributed by atoms with Gasteiger partial charge in [0.2, 0.25) is 0 Å². The van der Waals surface area contributed by atoms with Gasteiger partial charge in [0.15, 0.2) is 0 Å². The molecule has 1 aromatic rings. The lowest BCUT2D eigenvalue weighted by Gasteiger charge is -2.24. The number of amides is 1. The minimum Gasteiger partial charge on any atom is -0.480 e. The molecule has 0 aromatic heterocycles. The Hall–Kier alpha value is -2.11. The summed E-state index contributed by atoms with van der Waals surface area (Å²) >= 11 is 0. The highest BCUT2D eigenvalue weighted by atomic mass is 19.1. The van der Waals surface area contributed by atoms with Crippen LogP contribution in [0, 0.1) is 17.7 Å². The maximum absolute atomic E-state index is 13.9. The third-order valence-corrected chi connectivity index (χ3v) is 4.63. The fraction of sp³-hybridized carbons (Fsp3) is 0.467. The van der Waals surface area contributed by atoms with Crippen molar-refractivity contribution in [3.05, 3.63) is 29.6 Å². The van der Waals surface area contributed by atoms with Gasteiger partial charge < -0.3 is 15.7 Å². The van der Waals surface area contributed by atoms with Crippen molar-refractivity contribution in [1.29, 1.82) is 0 Å². The van der Waals surface area contributed by atoms with Gasteiger partial charge in [0, 0.05) is 12.2 Å². The lowest BCUT2D eigenvalue weighted by Crippen LogP contribution is -2.43. The number of hydrogen-bond acceptors (Lipinski definition) is 3. The van der Waals surface area contributed by atoms with Gasteiger partial charge in [-0.1, -0.05) is 6.42 Å². The molecule has 5 nitrogen and oxygen atoms in total. The predicted octanol–water partition coefficient (Wildman–Crippen LogP) is 1.73. The molecule has 112 valence electrons. The molecule has 6 heteroatoms. The monoisotopic (exact) mass is 292 g/mol. The molecule has 2 fully saturated rings. The van der Waals surface area contributed by atoms with Crippen LogP contribution < -0.4 is 5.73 Å². The Morgan fingerprint density at radius 1 is 1.33 bits per heavy atom. The molecule has 1 aromatic carbocycles. The van der Waals surface area contributed by atoms with Crippen molar-refractivity contribution in [2.24, 2.45) is 11.8 Å². The van der Waals surface area contributed by atoms with Crippen molar-refractivity contribution in [3.63, 3.8) is 0 Å². The van der Waals surface area contributed by atoms with Gasteiger partial charge in [-0.2, -0.15) is 0 Å². The van der Waals surface area contributed by atoms with Crippen molar-refractivity contribution in [1.82, 2.24) is 4.90 Å². The number of carbonyl (C=O) groups is 2. The van der Waals surface area contributed by atoms with Crippen LogP contribution in [0.2, 0.25) is 0 Å². The molecule has 1 saturated carbocycles. The summed E-state index contributed by atoms with van der Waals surface area (Å²) < 4.78 is 13.9. The zero-order chi connectivity index (χ0) is 15.1. The van der Waals surface area contributed by atoms with Gasteiger partial charge in [0.1, 0.15) is 11.9 Å². The van der Waals surface area contributed by atoms with Gasteiger partial charge in [0.25, 0.3) is 5.91 Å². The second-order valence-corrected chi connectivity index (χ2v) is 5.83. The van der Waals surface area contributed by atoms with Crippen LogP contribution in [0.15, 0.2) is 18.2 Å². The molecule has 0 spiro atoms. The Morgan fingerprint density at radius 3 is 2.76 bits per heavy atom. The molecule has 1 amide bonds. The lowest BCUT2D eigenvalue weighted by molar-refractivity contribution is -0.142. The minimum absolute atomic E-state index is 0.0108. The fourth-order valence-electron chi connectivity index (χ4n) is 3.69. The molecule has 1 heterocycles. The van der Waals surface area contributed by atoms with Crippen molar-refractivity contribution in [3.8, 4) is 0 Å². The zero-order valence-electron chi connectivity index (χ0n) is 11.5. The molecule has 3 atom stereocenters. The van der Waals surface area contributed by atoms with Crippen molar-refractivity contribution in [2.45, 2.75) is 25.3 Å². The first-order valence-electron chi connectivity index (χ1n) is 7.08. The van der Waals surface area contributed by atoms with Gasteiger partial charge in [-0.25, -0.2) is 9.18 Å². The number of carboxylic acid groups (broad SMARTS) is 1. The molecule has 3 rings (SSSR count).